The molecular formula is C20H25N3O4. The second-order valence-electron chi connectivity index (χ2n) is 7.42. The van der Waals surface area contributed by atoms with Gasteiger partial charge in [-0.2, -0.15) is 0 Å². The fourth-order valence-electron chi connectivity index (χ4n) is 3.57. The van der Waals surface area contributed by atoms with Crippen molar-refractivity contribution in [3.8, 4) is 0 Å². The van der Waals surface area contributed by atoms with Crippen LogP contribution in [0.25, 0.3) is 0 Å². The summed E-state index contributed by atoms with van der Waals surface area (Å²) in [5.74, 6) is -1.65. The first-order chi connectivity index (χ1) is 12.9. The number of nitrogens with zero attached hydrogens (tertiary/aromatic N) is 2. The van der Waals surface area contributed by atoms with E-state index in [1.54, 1.807) is 29.2 Å². The number of carbonyl (C=O) groups is 4. The maximum Gasteiger partial charge on any atom is 0.262 e. The highest BCUT2D eigenvalue weighted by molar-refractivity contribution is 6.22. The molecule has 1 N–H and O–H groups in total. The second-order valence-corrected chi connectivity index (χ2v) is 7.42. The molecular weight excluding hydrogens is 346 g/mol. The number of carbonyl (C=O) groups excluding carboxylic acids is 4. The molecule has 2 heterocycles. The molecule has 0 aliphatic carbocycles. The molecule has 0 saturated carbocycles. The topological polar surface area (TPSA) is 86.8 Å². The number of hydrogen-bond donors (Lipinski definition) is 1. The molecule has 144 valence electrons. The summed E-state index contributed by atoms with van der Waals surface area (Å²) in [5, 5.41) is 2.73. The Kier molecular flexibility index (Phi) is 5.58. The van der Waals surface area contributed by atoms with Crippen molar-refractivity contribution in [1.29, 1.82) is 0 Å². The van der Waals surface area contributed by atoms with E-state index in [1.807, 2.05) is 13.8 Å². The number of amides is 4. The van der Waals surface area contributed by atoms with Crippen molar-refractivity contribution in [2.75, 3.05) is 19.6 Å². The summed E-state index contributed by atoms with van der Waals surface area (Å²) in [6.07, 6.45) is 3.06. The van der Waals surface area contributed by atoms with Crippen LogP contribution in [0.3, 0.4) is 0 Å². The third kappa shape index (κ3) is 3.86. The van der Waals surface area contributed by atoms with Crippen LogP contribution in [0, 0.1) is 5.92 Å². The fourth-order valence-corrected chi connectivity index (χ4v) is 3.57. The van der Waals surface area contributed by atoms with Gasteiger partial charge >= 0.3 is 0 Å². The molecule has 3 rings (SSSR count). The largest absolute Gasteiger partial charge is 0.342 e. The maximum absolute atomic E-state index is 12.8. The van der Waals surface area contributed by atoms with Crippen LogP contribution in [0.2, 0.25) is 0 Å². The molecule has 4 amide bonds. The van der Waals surface area contributed by atoms with Gasteiger partial charge in [-0.3, -0.25) is 24.1 Å². The first kappa shape index (κ1) is 19.1. The molecule has 7 nitrogen and oxygen atoms in total. The van der Waals surface area contributed by atoms with E-state index in [4.69, 9.17) is 0 Å². The van der Waals surface area contributed by atoms with E-state index in [1.165, 1.54) is 0 Å². The summed E-state index contributed by atoms with van der Waals surface area (Å²) < 4.78 is 0. The zero-order chi connectivity index (χ0) is 19.6. The van der Waals surface area contributed by atoms with E-state index in [0.29, 0.717) is 24.2 Å². The third-order valence-corrected chi connectivity index (χ3v) is 5.10. The third-order valence-electron chi connectivity index (χ3n) is 5.10. The summed E-state index contributed by atoms with van der Waals surface area (Å²) >= 11 is 0. The van der Waals surface area contributed by atoms with E-state index in [-0.39, 0.29) is 18.4 Å². The standard InChI is InChI=1S/C20H25N3O4/c1-13(2)17(20(27)22-10-6-3-7-11-22)21-16(24)12-23-18(25)14-8-4-5-9-15(14)19(23)26/h4-5,8-9,13,17H,3,6-7,10-12H2,1-2H3,(H,21,24)/t17-/m1/s1. The zero-order valence-electron chi connectivity index (χ0n) is 15.7. The average molecular weight is 371 g/mol. The highest BCUT2D eigenvalue weighted by Crippen LogP contribution is 2.22. The summed E-state index contributed by atoms with van der Waals surface area (Å²) in [6.45, 7) is 4.76. The van der Waals surface area contributed by atoms with Crippen LogP contribution in [-0.4, -0.2) is 59.1 Å². The number of hydrogen-bond acceptors (Lipinski definition) is 4. The summed E-state index contributed by atoms with van der Waals surface area (Å²) in [7, 11) is 0. The molecule has 1 aromatic rings. The average Bonchev–Trinajstić information content (AvgIpc) is 2.91. The van der Waals surface area contributed by atoms with E-state index in [2.05, 4.69) is 5.32 Å². The van der Waals surface area contributed by atoms with E-state index in [0.717, 1.165) is 24.2 Å². The molecule has 2 aliphatic rings. The van der Waals surface area contributed by atoms with Crippen molar-refractivity contribution in [3.05, 3.63) is 35.4 Å². The Hall–Kier alpha value is -2.70. The van der Waals surface area contributed by atoms with Crippen LogP contribution in [-0.2, 0) is 9.59 Å². The molecule has 1 saturated heterocycles. The van der Waals surface area contributed by atoms with E-state index >= 15 is 0 Å². The lowest BCUT2D eigenvalue weighted by atomic mass is 10.0. The Balaban J connectivity index is 1.66. The Labute approximate surface area is 158 Å². The number of imide groups is 1. The van der Waals surface area contributed by atoms with Crippen LogP contribution < -0.4 is 5.32 Å². The quantitative estimate of drug-likeness (QED) is 0.794. The number of nitrogens with one attached hydrogen (secondary N) is 1. The van der Waals surface area contributed by atoms with Gasteiger partial charge in [-0.25, -0.2) is 0 Å². The number of rotatable bonds is 5. The van der Waals surface area contributed by atoms with Crippen molar-refractivity contribution in [2.45, 2.75) is 39.2 Å². The van der Waals surface area contributed by atoms with Gasteiger partial charge in [0.2, 0.25) is 11.8 Å². The molecule has 0 bridgehead atoms. The molecule has 1 atom stereocenters. The smallest absolute Gasteiger partial charge is 0.262 e. The molecule has 0 spiro atoms. The van der Waals surface area contributed by atoms with Crippen LogP contribution in [0.1, 0.15) is 53.8 Å². The number of likely N-dealkylation sites (tertiary alicyclic amines) is 1. The highest BCUT2D eigenvalue weighted by atomic mass is 16.2. The molecule has 2 aliphatic heterocycles. The minimum Gasteiger partial charge on any atom is -0.342 e. The van der Waals surface area contributed by atoms with Crippen molar-refractivity contribution >= 4 is 23.6 Å². The van der Waals surface area contributed by atoms with Crippen LogP contribution in [0.15, 0.2) is 24.3 Å². The Morgan fingerprint density at radius 2 is 1.56 bits per heavy atom. The number of piperidine rings is 1. The van der Waals surface area contributed by atoms with Crippen molar-refractivity contribution in [3.63, 3.8) is 0 Å². The van der Waals surface area contributed by atoms with Crippen LogP contribution >= 0.6 is 0 Å². The zero-order valence-corrected chi connectivity index (χ0v) is 15.7. The lowest BCUT2D eigenvalue weighted by Gasteiger charge is -2.32. The molecule has 0 aromatic heterocycles. The molecule has 1 aromatic carbocycles. The Morgan fingerprint density at radius 1 is 1.00 bits per heavy atom. The molecule has 27 heavy (non-hydrogen) atoms. The lowest BCUT2D eigenvalue weighted by Crippen LogP contribution is -2.54. The first-order valence-electron chi connectivity index (χ1n) is 9.43. The SMILES string of the molecule is CC(C)[C@@H](NC(=O)CN1C(=O)c2ccccc2C1=O)C(=O)N1CCCCC1. The van der Waals surface area contributed by atoms with Crippen molar-refractivity contribution in [1.82, 2.24) is 15.1 Å². The lowest BCUT2D eigenvalue weighted by molar-refractivity contribution is -0.138. The summed E-state index contributed by atoms with van der Waals surface area (Å²) in [5.41, 5.74) is 0.611. The monoisotopic (exact) mass is 371 g/mol. The normalized spacial score (nSPS) is 17.9. The number of benzene rings is 1. The molecule has 7 heteroatoms. The minimum absolute atomic E-state index is 0.0921. The van der Waals surface area contributed by atoms with Gasteiger partial charge < -0.3 is 10.2 Å². The van der Waals surface area contributed by atoms with Crippen LogP contribution in [0.5, 0.6) is 0 Å². The van der Waals surface area contributed by atoms with Gasteiger partial charge in [-0.15, -0.1) is 0 Å². The van der Waals surface area contributed by atoms with Gasteiger partial charge in [0.1, 0.15) is 12.6 Å². The highest BCUT2D eigenvalue weighted by Gasteiger charge is 2.37. The van der Waals surface area contributed by atoms with Gasteiger partial charge in [0, 0.05) is 13.1 Å². The fraction of sp³-hybridized carbons (Fsp3) is 0.500. The first-order valence-corrected chi connectivity index (χ1v) is 9.43. The van der Waals surface area contributed by atoms with E-state index < -0.39 is 23.8 Å². The van der Waals surface area contributed by atoms with Gasteiger partial charge in [-0.1, -0.05) is 26.0 Å². The Bertz CT molecular complexity index is 733. The predicted octanol–water partition coefficient (Wildman–Crippen LogP) is 1.44. The minimum atomic E-state index is -0.661. The maximum atomic E-state index is 12.8. The van der Waals surface area contributed by atoms with Crippen molar-refractivity contribution < 1.29 is 19.2 Å². The summed E-state index contributed by atoms with van der Waals surface area (Å²) in [4.78, 5) is 52.8. The van der Waals surface area contributed by atoms with Gasteiger partial charge in [0.15, 0.2) is 0 Å². The van der Waals surface area contributed by atoms with Gasteiger partial charge in [0.05, 0.1) is 11.1 Å². The van der Waals surface area contributed by atoms with Crippen LogP contribution in [0.4, 0.5) is 0 Å². The molecule has 0 radical (unpaired) electrons. The second kappa shape index (κ2) is 7.90. The van der Waals surface area contributed by atoms with Crippen molar-refractivity contribution in [2.24, 2.45) is 5.92 Å². The Morgan fingerprint density at radius 3 is 2.07 bits per heavy atom. The summed E-state index contributed by atoms with van der Waals surface area (Å²) in [6, 6.07) is 5.85. The molecule has 1 fully saturated rings. The predicted molar refractivity (Wildman–Crippen MR) is 99.0 cm³/mol. The van der Waals surface area contributed by atoms with Gasteiger partial charge in [0.25, 0.3) is 11.8 Å². The van der Waals surface area contributed by atoms with Gasteiger partial charge in [-0.05, 0) is 37.3 Å². The molecule has 0 unspecified atom stereocenters. The number of fused-ring (bicyclic) bond motifs is 1. The van der Waals surface area contributed by atoms with E-state index in [9.17, 15) is 19.2 Å².